The number of benzene rings is 2. The summed E-state index contributed by atoms with van der Waals surface area (Å²) in [5, 5.41) is 3.42. The van der Waals surface area contributed by atoms with Gasteiger partial charge in [-0.25, -0.2) is 14.8 Å². The van der Waals surface area contributed by atoms with E-state index in [-0.39, 0.29) is 11.1 Å². The van der Waals surface area contributed by atoms with Crippen molar-refractivity contribution in [3.05, 3.63) is 65.5 Å². The quantitative estimate of drug-likeness (QED) is 0.488. The van der Waals surface area contributed by atoms with Gasteiger partial charge < -0.3 is 24.6 Å². The van der Waals surface area contributed by atoms with Crippen LogP contribution in [0, 0.1) is 6.92 Å². The standard InChI is InChI=1S/C28H35N5O3/c1-19-7-8-20(28(2,3)4)17-23(19)30-24-18-29-25(27(34)36-6)26(31-24)33-15-13-32(14-16-33)21-9-11-22(35-5)12-10-21/h7-12,17-18H,13-16H2,1-6H3,(H,30,31). The van der Waals surface area contributed by atoms with Gasteiger partial charge >= 0.3 is 5.97 Å². The largest absolute Gasteiger partial charge is 0.497 e. The molecule has 1 N–H and O–H groups in total. The summed E-state index contributed by atoms with van der Waals surface area (Å²) >= 11 is 0. The third-order valence-electron chi connectivity index (χ3n) is 6.52. The fourth-order valence-corrected chi connectivity index (χ4v) is 4.23. The van der Waals surface area contributed by atoms with Gasteiger partial charge in [-0.3, -0.25) is 0 Å². The van der Waals surface area contributed by atoms with Crippen LogP contribution < -0.4 is 19.9 Å². The van der Waals surface area contributed by atoms with E-state index < -0.39 is 5.97 Å². The smallest absolute Gasteiger partial charge is 0.360 e. The number of nitrogens with one attached hydrogen (secondary N) is 1. The van der Waals surface area contributed by atoms with Gasteiger partial charge in [0.15, 0.2) is 17.3 Å². The van der Waals surface area contributed by atoms with Gasteiger partial charge in [-0.15, -0.1) is 0 Å². The van der Waals surface area contributed by atoms with E-state index in [1.165, 1.54) is 12.7 Å². The first-order chi connectivity index (χ1) is 17.2. The fraction of sp³-hybridized carbons (Fsp3) is 0.393. The third-order valence-corrected chi connectivity index (χ3v) is 6.52. The highest BCUT2D eigenvalue weighted by Gasteiger charge is 2.25. The van der Waals surface area contributed by atoms with Crippen LogP contribution in [0.3, 0.4) is 0 Å². The number of carbonyl (C=O) groups is 1. The molecular weight excluding hydrogens is 454 g/mol. The second-order valence-corrected chi connectivity index (χ2v) is 10.00. The Morgan fingerprint density at radius 3 is 2.25 bits per heavy atom. The Balaban J connectivity index is 1.57. The molecule has 1 aromatic heterocycles. The predicted octanol–water partition coefficient (Wildman–Crippen LogP) is 4.95. The molecule has 8 nitrogen and oxygen atoms in total. The van der Waals surface area contributed by atoms with Crippen LogP contribution >= 0.6 is 0 Å². The molecule has 0 spiro atoms. The number of hydrogen-bond acceptors (Lipinski definition) is 8. The van der Waals surface area contributed by atoms with E-state index in [0.717, 1.165) is 35.8 Å². The Hall–Kier alpha value is -3.81. The second-order valence-electron chi connectivity index (χ2n) is 10.00. The molecule has 8 heteroatoms. The highest BCUT2D eigenvalue weighted by Crippen LogP contribution is 2.30. The number of carbonyl (C=O) groups excluding carboxylic acids is 1. The first-order valence-corrected chi connectivity index (χ1v) is 12.2. The van der Waals surface area contributed by atoms with Crippen LogP contribution in [0.25, 0.3) is 0 Å². The molecule has 0 radical (unpaired) electrons. The van der Waals surface area contributed by atoms with Crippen LogP contribution in [0.4, 0.5) is 23.0 Å². The van der Waals surface area contributed by atoms with Crippen LogP contribution in [0.15, 0.2) is 48.7 Å². The lowest BCUT2D eigenvalue weighted by Gasteiger charge is -2.37. The van der Waals surface area contributed by atoms with Gasteiger partial charge in [-0.05, 0) is 53.8 Å². The highest BCUT2D eigenvalue weighted by molar-refractivity contribution is 5.93. The van der Waals surface area contributed by atoms with Crippen molar-refractivity contribution in [3.8, 4) is 5.75 Å². The number of anilines is 4. The molecule has 0 saturated carbocycles. The molecular formula is C28H35N5O3. The van der Waals surface area contributed by atoms with Crippen molar-refractivity contribution in [1.82, 2.24) is 9.97 Å². The van der Waals surface area contributed by atoms with Crippen LogP contribution in [0.1, 0.15) is 42.4 Å². The van der Waals surface area contributed by atoms with Gasteiger partial charge in [-0.2, -0.15) is 0 Å². The van der Waals surface area contributed by atoms with E-state index in [4.69, 9.17) is 14.5 Å². The molecule has 1 aliphatic heterocycles. The second kappa shape index (κ2) is 10.4. The lowest BCUT2D eigenvalue weighted by atomic mass is 9.86. The van der Waals surface area contributed by atoms with Crippen molar-refractivity contribution in [1.29, 1.82) is 0 Å². The molecule has 190 valence electrons. The average Bonchev–Trinajstić information content (AvgIpc) is 2.89. The van der Waals surface area contributed by atoms with Gasteiger partial charge in [0.2, 0.25) is 0 Å². The summed E-state index contributed by atoms with van der Waals surface area (Å²) in [4.78, 5) is 26.2. The van der Waals surface area contributed by atoms with Gasteiger partial charge in [0.25, 0.3) is 0 Å². The molecule has 1 aliphatic rings. The number of aryl methyl sites for hydroxylation is 1. The number of hydrogen-bond donors (Lipinski definition) is 1. The summed E-state index contributed by atoms with van der Waals surface area (Å²) in [6.45, 7) is 11.6. The Labute approximate surface area is 213 Å². The summed E-state index contributed by atoms with van der Waals surface area (Å²) in [5.41, 5.74) is 4.69. The number of nitrogens with zero attached hydrogens (tertiary/aromatic N) is 4. The summed E-state index contributed by atoms with van der Waals surface area (Å²) < 4.78 is 10.3. The molecule has 2 aromatic carbocycles. The highest BCUT2D eigenvalue weighted by atomic mass is 16.5. The average molecular weight is 490 g/mol. The third kappa shape index (κ3) is 5.53. The Morgan fingerprint density at radius 1 is 0.972 bits per heavy atom. The normalized spacial score (nSPS) is 13.9. The van der Waals surface area contributed by atoms with Crippen LogP contribution in [-0.4, -0.2) is 56.3 Å². The summed E-state index contributed by atoms with van der Waals surface area (Å²) in [7, 11) is 3.03. The lowest BCUT2D eigenvalue weighted by Crippen LogP contribution is -2.47. The van der Waals surface area contributed by atoms with Crippen molar-refractivity contribution in [3.63, 3.8) is 0 Å². The first-order valence-electron chi connectivity index (χ1n) is 12.2. The van der Waals surface area contributed by atoms with Gasteiger partial charge in [0, 0.05) is 37.6 Å². The summed E-state index contributed by atoms with van der Waals surface area (Å²) in [6, 6.07) is 14.5. The van der Waals surface area contributed by atoms with E-state index in [9.17, 15) is 4.79 Å². The Morgan fingerprint density at radius 2 is 1.64 bits per heavy atom. The number of aromatic nitrogens is 2. The molecule has 0 aliphatic carbocycles. The molecule has 0 bridgehead atoms. The topological polar surface area (TPSA) is 79.8 Å². The number of ether oxygens (including phenoxy) is 2. The van der Waals surface area contributed by atoms with Crippen molar-refractivity contribution in [2.24, 2.45) is 0 Å². The molecule has 4 rings (SSSR count). The lowest BCUT2D eigenvalue weighted by molar-refractivity contribution is 0.0594. The number of methoxy groups -OCH3 is 2. The molecule has 0 amide bonds. The van der Waals surface area contributed by atoms with Gasteiger partial charge in [0.1, 0.15) is 5.75 Å². The van der Waals surface area contributed by atoms with E-state index in [1.54, 1.807) is 13.3 Å². The Kier molecular flexibility index (Phi) is 7.33. The minimum atomic E-state index is -0.493. The Bertz CT molecular complexity index is 1210. The fourth-order valence-electron chi connectivity index (χ4n) is 4.23. The molecule has 0 unspecified atom stereocenters. The molecule has 36 heavy (non-hydrogen) atoms. The number of piperazine rings is 1. The SMILES string of the molecule is COC(=O)c1ncc(Nc2cc(C(C)(C)C)ccc2C)nc1N1CCN(c2ccc(OC)cc2)CC1. The van der Waals surface area contributed by atoms with Crippen molar-refractivity contribution in [2.45, 2.75) is 33.1 Å². The summed E-state index contributed by atoms with van der Waals surface area (Å²) in [6.07, 6.45) is 1.59. The van der Waals surface area contributed by atoms with Crippen LogP contribution in [0.5, 0.6) is 5.75 Å². The maximum Gasteiger partial charge on any atom is 0.360 e. The molecule has 3 aromatic rings. The minimum Gasteiger partial charge on any atom is -0.497 e. The molecule has 2 heterocycles. The van der Waals surface area contributed by atoms with Crippen molar-refractivity contribution < 1.29 is 14.3 Å². The maximum absolute atomic E-state index is 12.5. The minimum absolute atomic E-state index is 0.0271. The van der Waals surface area contributed by atoms with E-state index in [2.05, 4.69) is 78.1 Å². The molecule has 1 fully saturated rings. The predicted molar refractivity (Wildman–Crippen MR) is 144 cm³/mol. The molecule has 1 saturated heterocycles. The monoisotopic (exact) mass is 489 g/mol. The van der Waals surface area contributed by atoms with Crippen LogP contribution in [-0.2, 0) is 10.2 Å². The number of esters is 1. The van der Waals surface area contributed by atoms with Crippen molar-refractivity contribution in [2.75, 3.05) is 55.5 Å². The zero-order valence-electron chi connectivity index (χ0n) is 22.0. The zero-order chi connectivity index (χ0) is 25.9. The van der Waals surface area contributed by atoms with E-state index in [1.807, 2.05) is 12.1 Å². The van der Waals surface area contributed by atoms with Crippen molar-refractivity contribution >= 4 is 29.0 Å². The zero-order valence-corrected chi connectivity index (χ0v) is 22.0. The van der Waals surface area contributed by atoms with Crippen LogP contribution in [0.2, 0.25) is 0 Å². The van der Waals surface area contributed by atoms with E-state index >= 15 is 0 Å². The molecule has 0 atom stereocenters. The maximum atomic E-state index is 12.5. The summed E-state index contributed by atoms with van der Waals surface area (Å²) in [5.74, 6) is 1.46. The van der Waals surface area contributed by atoms with Gasteiger partial charge in [-0.1, -0.05) is 32.9 Å². The number of rotatable bonds is 6. The van der Waals surface area contributed by atoms with E-state index in [0.29, 0.717) is 24.7 Å². The first kappa shape index (κ1) is 25.3. The van der Waals surface area contributed by atoms with Gasteiger partial charge in [0.05, 0.1) is 20.4 Å².